The molecule has 1 aromatic carbocycles. The quantitative estimate of drug-likeness (QED) is 0.302. The average molecular weight is 529 g/mol. The number of esters is 2. The second kappa shape index (κ2) is 10.2. The molecule has 2 fully saturated rings. The summed E-state index contributed by atoms with van der Waals surface area (Å²) in [6, 6.07) is 8.06. The van der Waals surface area contributed by atoms with E-state index in [9.17, 15) is 19.2 Å². The van der Waals surface area contributed by atoms with Crippen molar-refractivity contribution in [1.29, 1.82) is 0 Å². The van der Waals surface area contributed by atoms with E-state index in [1.807, 2.05) is 44.2 Å². The summed E-state index contributed by atoms with van der Waals surface area (Å²) in [5.74, 6) is -1.74. The zero-order chi connectivity index (χ0) is 27.0. The fourth-order valence-corrected chi connectivity index (χ4v) is 5.99. The summed E-state index contributed by atoms with van der Waals surface area (Å²) in [4.78, 5) is 56.1. The molecular weight excluding hydrogens is 496 g/mol. The highest BCUT2D eigenvalue weighted by molar-refractivity contribution is 8.01. The van der Waals surface area contributed by atoms with E-state index in [4.69, 9.17) is 9.47 Å². The normalized spacial score (nSPS) is 22.1. The third kappa shape index (κ3) is 5.51. The Bertz CT molecular complexity index is 1220. The molecule has 10 nitrogen and oxygen atoms in total. The van der Waals surface area contributed by atoms with Gasteiger partial charge in [0.1, 0.15) is 17.5 Å². The molecule has 4 rings (SSSR count). The second-order valence-corrected chi connectivity index (χ2v) is 12.4. The van der Waals surface area contributed by atoms with E-state index in [0.717, 1.165) is 16.6 Å². The fraction of sp³-hybridized carbons (Fsp3) is 0.500. The average Bonchev–Trinajstić information content (AvgIpc) is 3.09. The molecular formula is C26H32N4O6S. The van der Waals surface area contributed by atoms with Gasteiger partial charge in [-0.1, -0.05) is 18.2 Å². The van der Waals surface area contributed by atoms with E-state index in [0.29, 0.717) is 6.54 Å². The molecule has 1 aromatic heterocycles. The Morgan fingerprint density at radius 3 is 2.59 bits per heavy atom. The predicted molar refractivity (Wildman–Crippen MR) is 139 cm³/mol. The monoisotopic (exact) mass is 528 g/mol. The summed E-state index contributed by atoms with van der Waals surface area (Å²) in [5.41, 5.74) is 0.936. The van der Waals surface area contributed by atoms with Crippen molar-refractivity contribution in [3.05, 3.63) is 36.5 Å². The number of amides is 2. The van der Waals surface area contributed by atoms with Crippen molar-refractivity contribution >= 4 is 52.1 Å². The highest BCUT2D eigenvalue weighted by Crippen LogP contribution is 2.51. The van der Waals surface area contributed by atoms with Crippen molar-refractivity contribution in [2.75, 3.05) is 18.7 Å². The van der Waals surface area contributed by atoms with Crippen LogP contribution >= 0.6 is 11.8 Å². The fourth-order valence-electron chi connectivity index (χ4n) is 4.37. The number of anilines is 1. The van der Waals surface area contributed by atoms with Crippen molar-refractivity contribution in [1.82, 2.24) is 15.2 Å². The highest BCUT2D eigenvalue weighted by atomic mass is 32.2. The van der Waals surface area contributed by atoms with Gasteiger partial charge in [0.05, 0.1) is 16.6 Å². The van der Waals surface area contributed by atoms with Gasteiger partial charge >= 0.3 is 11.9 Å². The zero-order valence-corrected chi connectivity index (χ0v) is 22.4. The lowest BCUT2D eigenvalue weighted by Crippen LogP contribution is -2.70. The first-order valence-electron chi connectivity index (χ1n) is 12.1. The molecule has 0 saturated carbocycles. The van der Waals surface area contributed by atoms with E-state index in [-0.39, 0.29) is 23.6 Å². The van der Waals surface area contributed by atoms with Crippen LogP contribution in [0.4, 0.5) is 5.69 Å². The number of nitrogens with zero attached hydrogens (tertiary/aromatic N) is 2. The molecule has 0 radical (unpaired) electrons. The van der Waals surface area contributed by atoms with Gasteiger partial charge in [-0.3, -0.25) is 19.4 Å². The number of β-lactam (4-membered cyclic amide) rings is 1. The maximum absolute atomic E-state index is 12.9. The predicted octanol–water partition coefficient (Wildman–Crippen LogP) is 2.67. The molecule has 0 unspecified atom stereocenters. The van der Waals surface area contributed by atoms with Gasteiger partial charge < -0.3 is 25.0 Å². The minimum atomic E-state index is -0.850. The van der Waals surface area contributed by atoms with Crippen LogP contribution in [0.5, 0.6) is 0 Å². The van der Waals surface area contributed by atoms with E-state index in [2.05, 4.69) is 15.6 Å². The molecule has 2 aliphatic heterocycles. The maximum Gasteiger partial charge on any atom is 0.333 e. The van der Waals surface area contributed by atoms with Crippen molar-refractivity contribution in [2.24, 2.45) is 5.41 Å². The number of carbonyl (C=O) groups excluding carboxylic acids is 4. The lowest BCUT2D eigenvalue weighted by atomic mass is 9.96. The summed E-state index contributed by atoms with van der Waals surface area (Å²) < 4.78 is 9.56. The molecule has 0 spiro atoms. The molecule has 198 valence electrons. The molecule has 0 aliphatic carbocycles. The summed E-state index contributed by atoms with van der Waals surface area (Å²) in [6.45, 7) is 8.64. The second-order valence-electron chi connectivity index (χ2n) is 10.6. The molecule has 2 aromatic rings. The number of benzene rings is 1. The number of carbonyl (C=O) groups is 4. The number of rotatable bonds is 8. The van der Waals surface area contributed by atoms with Crippen LogP contribution in [0.3, 0.4) is 0 Å². The number of pyridine rings is 1. The number of nitrogens with one attached hydrogen (secondary N) is 2. The third-order valence-electron chi connectivity index (χ3n) is 6.28. The summed E-state index contributed by atoms with van der Waals surface area (Å²) in [7, 11) is 0. The number of ether oxygens (including phenoxy) is 2. The lowest BCUT2D eigenvalue weighted by molar-refractivity contribution is -0.180. The molecule has 3 heterocycles. The van der Waals surface area contributed by atoms with Crippen molar-refractivity contribution in [3.8, 4) is 0 Å². The Hall–Kier alpha value is -3.34. The van der Waals surface area contributed by atoms with Gasteiger partial charge in [0, 0.05) is 29.3 Å². The smallest absolute Gasteiger partial charge is 0.333 e. The molecule has 2 N–H and O–H groups in total. The van der Waals surface area contributed by atoms with Crippen molar-refractivity contribution in [2.45, 2.75) is 63.2 Å². The number of fused-ring (bicyclic) bond motifs is 2. The van der Waals surface area contributed by atoms with Crippen molar-refractivity contribution in [3.63, 3.8) is 0 Å². The van der Waals surface area contributed by atoms with Gasteiger partial charge in [0.25, 0.3) is 0 Å². The van der Waals surface area contributed by atoms with Crippen molar-refractivity contribution < 1.29 is 28.7 Å². The Morgan fingerprint density at radius 1 is 1.14 bits per heavy atom. The standard InChI is InChI=1S/C26H32N4O6S/c1-25(2,3)24(34)36-14-35-23(33)20-26(4,5)37-22-19(21(32)30(20)22)29-17(31)11-13-27-16-10-6-8-15-9-7-12-28-18(15)16/h6-10,12,19-20,22,27H,11,13-14H2,1-5H3,(H,29,31)/t19-,20+,22-/m1/s1. The number of hydrogen-bond donors (Lipinski definition) is 2. The molecule has 2 amide bonds. The molecule has 3 atom stereocenters. The Kier molecular flexibility index (Phi) is 7.36. The van der Waals surface area contributed by atoms with Crippen LogP contribution in [0.25, 0.3) is 10.9 Å². The van der Waals surface area contributed by atoms with Gasteiger partial charge in [-0.25, -0.2) is 4.79 Å². The van der Waals surface area contributed by atoms with E-state index >= 15 is 0 Å². The first kappa shape index (κ1) is 26.7. The topological polar surface area (TPSA) is 127 Å². The van der Waals surface area contributed by atoms with Gasteiger partial charge in [-0.15, -0.1) is 11.8 Å². The van der Waals surface area contributed by atoms with Gasteiger partial charge in [0.15, 0.2) is 0 Å². The third-order valence-corrected chi connectivity index (χ3v) is 7.86. The number of aromatic nitrogens is 1. The largest absolute Gasteiger partial charge is 0.427 e. The SMILES string of the molecule is CC(C)(C)C(=O)OCOC(=O)[C@@H]1N2C(=O)[C@@H](NC(=O)CCNc3cccc4cccnc34)[C@H]2SC1(C)C. The lowest BCUT2D eigenvalue weighted by Gasteiger charge is -2.43. The van der Waals surface area contributed by atoms with E-state index in [1.165, 1.54) is 16.7 Å². The van der Waals surface area contributed by atoms with Crippen LogP contribution < -0.4 is 10.6 Å². The Labute approximate surface area is 219 Å². The molecule has 2 aliphatic rings. The van der Waals surface area contributed by atoms with E-state index in [1.54, 1.807) is 27.0 Å². The van der Waals surface area contributed by atoms with Gasteiger partial charge in [-0.2, -0.15) is 0 Å². The van der Waals surface area contributed by atoms with E-state index < -0.39 is 41.0 Å². The summed E-state index contributed by atoms with van der Waals surface area (Å²) in [5, 5.41) is 6.66. The zero-order valence-electron chi connectivity index (χ0n) is 21.6. The Morgan fingerprint density at radius 2 is 1.86 bits per heavy atom. The molecule has 0 bridgehead atoms. The van der Waals surface area contributed by atoms with Gasteiger partial charge in [0.2, 0.25) is 18.6 Å². The van der Waals surface area contributed by atoms with Crippen LogP contribution in [0.2, 0.25) is 0 Å². The van der Waals surface area contributed by atoms with Crippen LogP contribution in [-0.4, -0.2) is 69.2 Å². The number of thioether (sulfide) groups is 1. The van der Waals surface area contributed by atoms with Crippen LogP contribution in [-0.2, 0) is 28.7 Å². The molecule has 2 saturated heterocycles. The van der Waals surface area contributed by atoms with Crippen LogP contribution in [0.15, 0.2) is 36.5 Å². The first-order valence-corrected chi connectivity index (χ1v) is 13.0. The maximum atomic E-state index is 12.9. The van der Waals surface area contributed by atoms with Crippen LogP contribution in [0.1, 0.15) is 41.0 Å². The van der Waals surface area contributed by atoms with Crippen LogP contribution in [0, 0.1) is 5.41 Å². The number of para-hydroxylation sites is 1. The first-order chi connectivity index (χ1) is 17.4. The van der Waals surface area contributed by atoms with Gasteiger partial charge in [-0.05, 0) is 46.8 Å². The molecule has 11 heteroatoms. The minimum Gasteiger partial charge on any atom is -0.427 e. The minimum absolute atomic E-state index is 0.165. The Balaban J connectivity index is 1.29. The summed E-state index contributed by atoms with van der Waals surface area (Å²) >= 11 is 1.43. The molecule has 37 heavy (non-hydrogen) atoms. The summed E-state index contributed by atoms with van der Waals surface area (Å²) in [6.07, 6.45) is 1.88. The highest BCUT2D eigenvalue weighted by Gasteiger charge is 2.64. The number of hydrogen-bond acceptors (Lipinski definition) is 9.